The number of ether oxygens (including phenoxy) is 1. The van der Waals surface area contributed by atoms with Crippen LogP contribution in [0, 0.1) is 0 Å². The number of rotatable bonds is 1. The minimum absolute atomic E-state index is 0.933. The smallest absolute Gasteiger partial charge is 0.134 e. The summed E-state index contributed by atoms with van der Waals surface area (Å²) in [5, 5.41) is 0. The van der Waals surface area contributed by atoms with Gasteiger partial charge in [-0.3, -0.25) is 0 Å². The molecule has 1 aromatic carbocycles. The molecule has 1 nitrogen and oxygen atoms in total. The first-order valence-corrected chi connectivity index (χ1v) is 5.58. The molecule has 0 unspecified atom stereocenters. The predicted octanol–water partition coefficient (Wildman–Crippen LogP) is 3.11. The fourth-order valence-corrected chi connectivity index (χ4v) is 2.96. The van der Waals surface area contributed by atoms with E-state index >= 15 is 0 Å². The minimum atomic E-state index is 0.933. The molecule has 64 valence electrons. The number of fused-ring (bicyclic) bond motifs is 1. The number of thioether (sulfide) groups is 1. The number of hydrogen-bond donors (Lipinski definition) is 0. The van der Waals surface area contributed by atoms with E-state index in [9.17, 15) is 0 Å². The second-order valence-corrected chi connectivity index (χ2v) is 4.68. The van der Waals surface area contributed by atoms with E-state index in [0.29, 0.717) is 0 Å². The van der Waals surface area contributed by atoms with Crippen LogP contribution >= 0.6 is 27.7 Å². The van der Waals surface area contributed by atoms with E-state index in [0.717, 1.165) is 10.2 Å². The van der Waals surface area contributed by atoms with Gasteiger partial charge in [0.25, 0.3) is 0 Å². The number of methoxy groups -OCH3 is 1. The zero-order valence-corrected chi connectivity index (χ0v) is 9.17. The van der Waals surface area contributed by atoms with Gasteiger partial charge >= 0.3 is 0 Å². The average molecular weight is 245 g/mol. The maximum atomic E-state index is 5.21. The third-order valence-corrected chi connectivity index (χ3v) is 3.68. The van der Waals surface area contributed by atoms with Crippen molar-refractivity contribution >= 4 is 27.7 Å². The molecule has 1 heterocycles. The summed E-state index contributed by atoms with van der Waals surface area (Å²) in [5.74, 6) is 2.14. The maximum Gasteiger partial charge on any atom is 0.134 e. The summed E-state index contributed by atoms with van der Waals surface area (Å²) in [5.41, 5.74) is 1.44. The Bertz CT molecular complexity index is 311. The first-order valence-electron chi connectivity index (χ1n) is 3.80. The molecule has 0 atom stereocenters. The first kappa shape index (κ1) is 8.45. The average Bonchev–Trinajstić information content (AvgIpc) is 2.49. The molecule has 0 aliphatic carbocycles. The molecule has 0 aromatic heterocycles. The summed E-state index contributed by atoms with van der Waals surface area (Å²) >= 11 is 5.38. The fourth-order valence-electron chi connectivity index (χ4n) is 1.33. The molecule has 0 radical (unpaired) electrons. The second-order valence-electron chi connectivity index (χ2n) is 2.69. The van der Waals surface area contributed by atoms with E-state index in [1.807, 2.05) is 11.8 Å². The van der Waals surface area contributed by atoms with Gasteiger partial charge in [0.2, 0.25) is 0 Å². The van der Waals surface area contributed by atoms with Crippen molar-refractivity contribution in [2.24, 2.45) is 0 Å². The molecular formula is C9H9BrOS. The highest BCUT2D eigenvalue weighted by Crippen LogP contribution is 2.38. The van der Waals surface area contributed by atoms with E-state index in [4.69, 9.17) is 4.74 Å². The number of hydrogen-bond acceptors (Lipinski definition) is 2. The summed E-state index contributed by atoms with van der Waals surface area (Å²) in [6.07, 6.45) is 1.18. The fraction of sp³-hybridized carbons (Fsp3) is 0.333. The van der Waals surface area contributed by atoms with E-state index in [-0.39, 0.29) is 0 Å². The van der Waals surface area contributed by atoms with Crippen LogP contribution in [0.2, 0.25) is 0 Å². The van der Waals surface area contributed by atoms with Crippen molar-refractivity contribution in [1.29, 1.82) is 0 Å². The topological polar surface area (TPSA) is 9.23 Å². The number of aryl methyl sites for hydroxylation is 1. The Hall–Kier alpha value is -0.150. The summed E-state index contributed by atoms with van der Waals surface area (Å²) in [4.78, 5) is 1.37. The highest BCUT2D eigenvalue weighted by molar-refractivity contribution is 9.10. The summed E-state index contributed by atoms with van der Waals surface area (Å²) < 4.78 is 6.27. The Morgan fingerprint density at radius 2 is 2.33 bits per heavy atom. The highest BCUT2D eigenvalue weighted by Gasteiger charge is 2.14. The molecule has 0 spiro atoms. The normalized spacial score (nSPS) is 14.5. The summed E-state index contributed by atoms with van der Waals surface area (Å²) in [6.45, 7) is 0. The van der Waals surface area contributed by atoms with Crippen molar-refractivity contribution in [3.63, 3.8) is 0 Å². The molecule has 0 fully saturated rings. The van der Waals surface area contributed by atoms with Gasteiger partial charge in [-0.1, -0.05) is 0 Å². The van der Waals surface area contributed by atoms with Crippen LogP contribution in [0.15, 0.2) is 21.5 Å². The Kier molecular flexibility index (Phi) is 2.33. The van der Waals surface area contributed by atoms with Gasteiger partial charge in [-0.2, -0.15) is 0 Å². The zero-order valence-electron chi connectivity index (χ0n) is 6.76. The minimum Gasteiger partial charge on any atom is -0.496 e. The zero-order chi connectivity index (χ0) is 8.55. The maximum absolute atomic E-state index is 5.21. The quantitative estimate of drug-likeness (QED) is 0.751. The molecule has 3 heteroatoms. The van der Waals surface area contributed by atoms with Gasteiger partial charge in [0.1, 0.15) is 5.75 Å². The van der Waals surface area contributed by atoms with Gasteiger partial charge in [0.15, 0.2) is 0 Å². The highest BCUT2D eigenvalue weighted by atomic mass is 79.9. The summed E-state index contributed by atoms with van der Waals surface area (Å²) in [6, 6.07) is 4.27. The monoisotopic (exact) mass is 244 g/mol. The van der Waals surface area contributed by atoms with Gasteiger partial charge in [0, 0.05) is 10.6 Å². The molecule has 0 saturated carbocycles. The second kappa shape index (κ2) is 3.30. The van der Waals surface area contributed by atoms with Gasteiger partial charge in [-0.15, -0.1) is 11.8 Å². The van der Waals surface area contributed by atoms with Crippen molar-refractivity contribution in [2.45, 2.75) is 11.3 Å². The van der Waals surface area contributed by atoms with Crippen molar-refractivity contribution in [3.8, 4) is 5.75 Å². The van der Waals surface area contributed by atoms with Crippen molar-refractivity contribution in [1.82, 2.24) is 0 Å². The van der Waals surface area contributed by atoms with Crippen LogP contribution in [0.5, 0.6) is 5.75 Å². The van der Waals surface area contributed by atoms with Crippen LogP contribution in [0.4, 0.5) is 0 Å². The van der Waals surface area contributed by atoms with Crippen LogP contribution < -0.4 is 4.74 Å². The van der Waals surface area contributed by atoms with Crippen LogP contribution in [0.1, 0.15) is 5.56 Å². The predicted molar refractivity (Wildman–Crippen MR) is 55.1 cm³/mol. The molecule has 0 amide bonds. The third-order valence-electron chi connectivity index (χ3n) is 1.96. The van der Waals surface area contributed by atoms with Crippen molar-refractivity contribution in [2.75, 3.05) is 12.9 Å². The van der Waals surface area contributed by atoms with Crippen LogP contribution in [0.25, 0.3) is 0 Å². The molecule has 1 aliphatic heterocycles. The van der Waals surface area contributed by atoms with Gasteiger partial charge in [-0.05, 0) is 40.0 Å². The molecule has 1 aliphatic rings. The molecule has 0 saturated heterocycles. The van der Waals surface area contributed by atoms with Gasteiger partial charge in [0.05, 0.1) is 11.6 Å². The largest absolute Gasteiger partial charge is 0.496 e. The molecule has 1 aromatic rings. The van der Waals surface area contributed by atoms with E-state index in [1.54, 1.807) is 7.11 Å². The molecular weight excluding hydrogens is 236 g/mol. The molecule has 0 N–H and O–H groups in total. The summed E-state index contributed by atoms with van der Waals surface area (Å²) in [7, 11) is 1.70. The Balaban J connectivity index is 2.49. The van der Waals surface area contributed by atoms with Crippen molar-refractivity contribution in [3.05, 3.63) is 22.2 Å². The molecule has 0 bridgehead atoms. The van der Waals surface area contributed by atoms with E-state index in [1.165, 1.54) is 22.6 Å². The van der Waals surface area contributed by atoms with Crippen LogP contribution in [-0.2, 0) is 6.42 Å². The molecule has 2 rings (SSSR count). The lowest BCUT2D eigenvalue weighted by Gasteiger charge is -2.05. The number of benzene rings is 1. The van der Waals surface area contributed by atoms with E-state index < -0.39 is 0 Å². The lowest BCUT2D eigenvalue weighted by molar-refractivity contribution is 0.411. The Morgan fingerprint density at radius 3 is 3.08 bits per heavy atom. The van der Waals surface area contributed by atoms with Crippen LogP contribution in [0.3, 0.4) is 0 Å². The molecule has 12 heavy (non-hydrogen) atoms. The van der Waals surface area contributed by atoms with Crippen LogP contribution in [-0.4, -0.2) is 12.9 Å². The SMILES string of the molecule is COc1cc2c(cc1Br)CCS2. The lowest BCUT2D eigenvalue weighted by Crippen LogP contribution is -1.87. The Labute approximate surface area is 84.6 Å². The lowest BCUT2D eigenvalue weighted by atomic mass is 10.2. The third kappa shape index (κ3) is 1.36. The standard InChI is InChI=1S/C9H9BrOS/c1-11-8-5-9-6(2-3-12-9)4-7(8)10/h4-5H,2-3H2,1H3. The van der Waals surface area contributed by atoms with Crippen molar-refractivity contribution < 1.29 is 4.74 Å². The van der Waals surface area contributed by atoms with Gasteiger partial charge < -0.3 is 4.74 Å². The van der Waals surface area contributed by atoms with E-state index in [2.05, 4.69) is 28.1 Å². The first-order chi connectivity index (χ1) is 5.81. The Morgan fingerprint density at radius 1 is 1.50 bits per heavy atom. The van der Waals surface area contributed by atoms with Gasteiger partial charge in [-0.25, -0.2) is 0 Å². The number of halogens is 1.